The van der Waals surface area contributed by atoms with Gasteiger partial charge >= 0.3 is 0 Å². The van der Waals surface area contributed by atoms with Crippen molar-refractivity contribution in [2.75, 3.05) is 7.11 Å². The zero-order valence-electron chi connectivity index (χ0n) is 17.8. The summed E-state index contributed by atoms with van der Waals surface area (Å²) in [5.41, 5.74) is 3.01. The van der Waals surface area contributed by atoms with Crippen LogP contribution in [0.2, 0.25) is 0 Å². The lowest BCUT2D eigenvalue weighted by molar-refractivity contribution is -0.122. The third-order valence-electron chi connectivity index (χ3n) is 5.87. The molecule has 7 heteroatoms. The van der Waals surface area contributed by atoms with Gasteiger partial charge in [-0.1, -0.05) is 18.6 Å². The topological polar surface area (TPSA) is 78.2 Å². The van der Waals surface area contributed by atoms with Crippen LogP contribution in [-0.4, -0.2) is 27.1 Å². The molecule has 0 saturated carbocycles. The summed E-state index contributed by atoms with van der Waals surface area (Å²) in [5, 5.41) is 3.03. The molecule has 4 rings (SSSR count). The number of rotatable bonds is 5. The summed E-state index contributed by atoms with van der Waals surface area (Å²) in [5.74, 6) is 1.50. The Kier molecular flexibility index (Phi) is 5.61. The van der Waals surface area contributed by atoms with Crippen LogP contribution in [0.15, 0.2) is 35.1 Å². The Morgan fingerprint density at radius 1 is 1.23 bits per heavy atom. The molecule has 158 valence electrons. The predicted octanol–water partition coefficient (Wildman–Crippen LogP) is 3.12. The zero-order chi connectivity index (χ0) is 21.3. The molecule has 30 heavy (non-hydrogen) atoms. The monoisotopic (exact) mass is 408 g/mol. The van der Waals surface area contributed by atoms with Gasteiger partial charge in [-0.25, -0.2) is 4.98 Å². The van der Waals surface area contributed by atoms with Crippen LogP contribution < -0.4 is 15.6 Å². The first-order valence-corrected chi connectivity index (χ1v) is 10.5. The molecule has 7 nitrogen and oxygen atoms in total. The Labute approximate surface area is 175 Å². The van der Waals surface area contributed by atoms with Gasteiger partial charge in [0.1, 0.15) is 23.6 Å². The van der Waals surface area contributed by atoms with Crippen LogP contribution in [0, 0.1) is 6.92 Å². The summed E-state index contributed by atoms with van der Waals surface area (Å²) in [7, 11) is 1.63. The second-order valence-corrected chi connectivity index (χ2v) is 7.96. The van der Waals surface area contributed by atoms with Crippen LogP contribution in [-0.2, 0) is 24.3 Å². The first-order valence-electron chi connectivity index (χ1n) is 10.5. The fourth-order valence-electron chi connectivity index (χ4n) is 4.18. The van der Waals surface area contributed by atoms with E-state index in [0.29, 0.717) is 17.6 Å². The number of carbonyl (C=O) groups is 1. The van der Waals surface area contributed by atoms with Gasteiger partial charge in [0.25, 0.3) is 5.56 Å². The van der Waals surface area contributed by atoms with E-state index < -0.39 is 0 Å². The molecule has 2 aromatic heterocycles. The highest BCUT2D eigenvalue weighted by Gasteiger charge is 2.20. The number of aromatic nitrogens is 3. The van der Waals surface area contributed by atoms with Gasteiger partial charge in [-0.15, -0.1) is 0 Å². The van der Waals surface area contributed by atoms with Crippen molar-refractivity contribution in [1.82, 2.24) is 19.4 Å². The Morgan fingerprint density at radius 2 is 2.00 bits per heavy atom. The summed E-state index contributed by atoms with van der Waals surface area (Å²) >= 11 is 0. The molecule has 0 bridgehead atoms. The number of ether oxygens (including phenoxy) is 1. The van der Waals surface area contributed by atoms with E-state index in [9.17, 15) is 9.59 Å². The van der Waals surface area contributed by atoms with Crippen LogP contribution in [0.1, 0.15) is 49.3 Å². The van der Waals surface area contributed by atoms with Gasteiger partial charge in [-0.3, -0.25) is 14.2 Å². The average Bonchev–Trinajstić information content (AvgIpc) is 2.90. The van der Waals surface area contributed by atoms with E-state index in [-0.39, 0.29) is 24.1 Å². The van der Waals surface area contributed by atoms with Crippen LogP contribution in [0.5, 0.6) is 5.75 Å². The van der Waals surface area contributed by atoms with Crippen molar-refractivity contribution >= 4 is 16.9 Å². The third kappa shape index (κ3) is 3.84. The molecule has 0 aliphatic carbocycles. The van der Waals surface area contributed by atoms with E-state index in [1.165, 1.54) is 0 Å². The largest absolute Gasteiger partial charge is 0.497 e. The molecule has 1 atom stereocenters. The highest BCUT2D eigenvalue weighted by molar-refractivity contribution is 5.81. The van der Waals surface area contributed by atoms with E-state index in [0.717, 1.165) is 48.5 Å². The van der Waals surface area contributed by atoms with Crippen LogP contribution in [0.3, 0.4) is 0 Å². The summed E-state index contributed by atoms with van der Waals surface area (Å²) < 4.78 is 8.77. The van der Waals surface area contributed by atoms with Gasteiger partial charge in [-0.2, -0.15) is 0 Å². The van der Waals surface area contributed by atoms with Crippen LogP contribution >= 0.6 is 0 Å². The van der Waals surface area contributed by atoms with Gasteiger partial charge < -0.3 is 14.6 Å². The molecule has 1 aliphatic heterocycles. The van der Waals surface area contributed by atoms with Gasteiger partial charge in [0.05, 0.1) is 18.7 Å². The number of amides is 1. The molecule has 1 aliphatic rings. The van der Waals surface area contributed by atoms with E-state index in [1.807, 2.05) is 44.2 Å². The lowest BCUT2D eigenvalue weighted by atomic mass is 10.1. The number of fused-ring (bicyclic) bond motifs is 2. The second-order valence-electron chi connectivity index (χ2n) is 7.96. The number of benzene rings is 1. The van der Waals surface area contributed by atoms with Crippen molar-refractivity contribution in [3.05, 3.63) is 57.8 Å². The molecule has 0 saturated heterocycles. The first kappa shape index (κ1) is 20.2. The standard InChI is InChI=1S/C23H28N4O3/c1-15-13-19-22(23(29)26-12-6-4-5-7-20(26)25-19)27(15)14-21(28)24-16(2)17-8-10-18(30-3)11-9-17/h8-11,13,16H,4-7,12,14H2,1-3H3,(H,24,28). The highest BCUT2D eigenvalue weighted by atomic mass is 16.5. The molecule has 3 heterocycles. The Morgan fingerprint density at radius 3 is 2.73 bits per heavy atom. The van der Waals surface area contributed by atoms with Gasteiger partial charge in [0, 0.05) is 18.7 Å². The Bertz CT molecular complexity index is 1130. The molecule has 0 fully saturated rings. The zero-order valence-corrected chi connectivity index (χ0v) is 17.8. The molecule has 0 spiro atoms. The number of aryl methyl sites for hydroxylation is 2. The minimum absolute atomic E-state index is 0.0407. The molecule has 0 radical (unpaired) electrons. The summed E-state index contributed by atoms with van der Waals surface area (Å²) in [4.78, 5) is 30.7. The SMILES string of the molecule is COc1ccc(C(C)NC(=O)Cn2c(C)cc3nc4n(c(=O)c32)CCCCC4)cc1. The second kappa shape index (κ2) is 8.34. The van der Waals surface area contributed by atoms with E-state index in [1.54, 1.807) is 16.2 Å². The fourth-order valence-corrected chi connectivity index (χ4v) is 4.18. The smallest absolute Gasteiger partial charge is 0.278 e. The summed E-state index contributed by atoms with van der Waals surface area (Å²) in [6.07, 6.45) is 3.98. The lowest BCUT2D eigenvalue weighted by Gasteiger charge is -2.16. The normalized spacial score (nSPS) is 14.8. The molecular formula is C23H28N4O3. The van der Waals surface area contributed by atoms with Gasteiger partial charge in [0.15, 0.2) is 0 Å². The van der Waals surface area contributed by atoms with Crippen molar-refractivity contribution in [2.24, 2.45) is 0 Å². The lowest BCUT2D eigenvalue weighted by Crippen LogP contribution is -2.32. The number of nitrogens with zero attached hydrogens (tertiary/aromatic N) is 3. The molecule has 1 aromatic carbocycles. The maximum Gasteiger partial charge on any atom is 0.278 e. The number of hydrogen-bond acceptors (Lipinski definition) is 4. The van der Waals surface area contributed by atoms with Crippen LogP contribution in [0.25, 0.3) is 11.0 Å². The van der Waals surface area contributed by atoms with E-state index in [2.05, 4.69) is 5.32 Å². The number of hydrogen-bond donors (Lipinski definition) is 1. The van der Waals surface area contributed by atoms with Crippen molar-refractivity contribution in [3.63, 3.8) is 0 Å². The minimum Gasteiger partial charge on any atom is -0.497 e. The molecule has 1 unspecified atom stereocenters. The average molecular weight is 409 g/mol. The Hall–Kier alpha value is -3.09. The van der Waals surface area contributed by atoms with Crippen molar-refractivity contribution in [1.29, 1.82) is 0 Å². The molecule has 1 N–H and O–H groups in total. The maximum absolute atomic E-state index is 13.2. The summed E-state index contributed by atoms with van der Waals surface area (Å²) in [6.45, 7) is 4.64. The third-order valence-corrected chi connectivity index (χ3v) is 5.87. The minimum atomic E-state index is -0.152. The predicted molar refractivity (Wildman–Crippen MR) is 116 cm³/mol. The van der Waals surface area contributed by atoms with E-state index in [4.69, 9.17) is 9.72 Å². The van der Waals surface area contributed by atoms with Crippen molar-refractivity contribution in [2.45, 2.75) is 58.7 Å². The van der Waals surface area contributed by atoms with Crippen molar-refractivity contribution < 1.29 is 9.53 Å². The summed E-state index contributed by atoms with van der Waals surface area (Å²) in [6, 6.07) is 9.38. The first-order chi connectivity index (χ1) is 14.5. The van der Waals surface area contributed by atoms with Gasteiger partial charge in [0.2, 0.25) is 5.91 Å². The van der Waals surface area contributed by atoms with Crippen molar-refractivity contribution in [3.8, 4) is 5.75 Å². The van der Waals surface area contributed by atoms with Crippen LogP contribution in [0.4, 0.5) is 0 Å². The molecule has 1 amide bonds. The number of carbonyl (C=O) groups excluding carboxylic acids is 1. The highest BCUT2D eigenvalue weighted by Crippen LogP contribution is 2.20. The van der Waals surface area contributed by atoms with Gasteiger partial charge in [-0.05, 0) is 50.5 Å². The molecular weight excluding hydrogens is 380 g/mol. The maximum atomic E-state index is 13.2. The molecule has 3 aromatic rings. The Balaban J connectivity index is 1.58. The number of nitrogens with one attached hydrogen (secondary N) is 1. The quantitative estimate of drug-likeness (QED) is 0.704. The number of methoxy groups -OCH3 is 1. The fraction of sp³-hybridized carbons (Fsp3) is 0.435. The van der Waals surface area contributed by atoms with E-state index >= 15 is 0 Å².